The van der Waals surface area contributed by atoms with Crippen LogP contribution in [0.3, 0.4) is 0 Å². The maximum Gasteiger partial charge on any atom is 1.00 e. The van der Waals surface area contributed by atoms with Crippen molar-refractivity contribution >= 4 is 5.97 Å². The van der Waals surface area contributed by atoms with Gasteiger partial charge in [0.05, 0.1) is 0 Å². The quantitative estimate of drug-likeness (QED) is 0.306. The van der Waals surface area contributed by atoms with Gasteiger partial charge in [0.1, 0.15) is 0 Å². The second kappa shape index (κ2) is 6.21. The molecule has 0 aromatic heterocycles. The van der Waals surface area contributed by atoms with E-state index in [-0.39, 0.29) is 31.0 Å². The summed E-state index contributed by atoms with van der Waals surface area (Å²) in [5, 5.41) is 7.83. The van der Waals surface area contributed by atoms with Gasteiger partial charge in [-0.3, -0.25) is 0 Å². The van der Waals surface area contributed by atoms with Crippen molar-refractivity contribution in [2.75, 3.05) is 0 Å². The monoisotopic (exact) mass is 110 g/mol. The zero-order chi connectivity index (χ0) is 4.99. The molecule has 0 fully saturated rings. The van der Waals surface area contributed by atoms with Crippen molar-refractivity contribution in [1.82, 2.24) is 0 Å². The molecule has 1 N–H and O–H groups in total. The molecular formula is C4H7NaO2. The molecule has 0 aromatic carbocycles. The van der Waals surface area contributed by atoms with Crippen molar-refractivity contribution in [1.29, 1.82) is 0 Å². The van der Waals surface area contributed by atoms with E-state index in [0.29, 0.717) is 0 Å². The van der Waals surface area contributed by atoms with Crippen LogP contribution < -0.4 is 29.6 Å². The third-order valence-corrected chi connectivity index (χ3v) is 0.309. The molecule has 0 rings (SSSR count). The van der Waals surface area contributed by atoms with Crippen molar-refractivity contribution in [3.8, 4) is 0 Å². The average Bonchev–Trinajstić information content (AvgIpc) is 1.35. The molecule has 0 spiro atoms. The number of rotatable bonds is 1. The minimum atomic E-state index is -0.891. The summed E-state index contributed by atoms with van der Waals surface area (Å²) in [7, 11) is 0. The van der Waals surface area contributed by atoms with E-state index >= 15 is 0 Å². The van der Waals surface area contributed by atoms with Crippen LogP contribution in [0, 0.1) is 0 Å². The number of carboxylic acids is 1. The molecule has 0 aromatic rings. The van der Waals surface area contributed by atoms with Gasteiger partial charge < -0.3 is 6.53 Å². The summed E-state index contributed by atoms with van der Waals surface area (Å²) >= 11 is 0. The maximum atomic E-state index is 9.51. The molecular weight excluding hydrogens is 103 g/mol. The van der Waals surface area contributed by atoms with Crippen LogP contribution in [0.15, 0.2) is 12.2 Å². The van der Waals surface area contributed by atoms with E-state index in [1.807, 2.05) is 0 Å². The van der Waals surface area contributed by atoms with Gasteiger partial charge in [-0.2, -0.15) is 0 Å². The molecule has 0 bridgehead atoms. The molecule has 2 nitrogen and oxygen atoms in total. The standard InChI is InChI=1S/C4H6O2.Na.H/c1-2-3-4(5)6;;/h2-3H,1H3,(H,5,6);;/q;+1;-1. The maximum absolute atomic E-state index is 9.51. The van der Waals surface area contributed by atoms with Crippen LogP contribution in [0.4, 0.5) is 0 Å². The number of hydrogen-bond acceptors (Lipinski definition) is 1. The fourth-order valence-corrected chi connectivity index (χ4v) is 0.143. The van der Waals surface area contributed by atoms with Gasteiger partial charge in [-0.25, -0.2) is 4.79 Å². The van der Waals surface area contributed by atoms with Gasteiger partial charge in [-0.1, -0.05) is 6.08 Å². The Hall–Kier alpha value is 0.210. The van der Waals surface area contributed by atoms with Gasteiger partial charge >= 0.3 is 35.5 Å². The zero-order valence-corrected chi connectivity index (χ0v) is 6.51. The summed E-state index contributed by atoms with van der Waals surface area (Å²) in [4.78, 5) is 9.51. The fourth-order valence-electron chi connectivity index (χ4n) is 0.143. The van der Waals surface area contributed by atoms with Crippen molar-refractivity contribution in [2.45, 2.75) is 6.92 Å². The molecule has 7 heavy (non-hydrogen) atoms. The van der Waals surface area contributed by atoms with Crippen LogP contribution in [0.25, 0.3) is 0 Å². The second-order valence-corrected chi connectivity index (χ2v) is 0.838. The number of aliphatic carboxylic acids is 1. The SMILES string of the molecule is CC=CC(=O)O.[H-].[Na+]. The molecule has 0 amide bonds. The van der Waals surface area contributed by atoms with Gasteiger partial charge in [-0.15, -0.1) is 0 Å². The summed E-state index contributed by atoms with van der Waals surface area (Å²) in [6.07, 6.45) is 2.56. The summed E-state index contributed by atoms with van der Waals surface area (Å²) in [5.41, 5.74) is 0. The molecule has 3 heteroatoms. The van der Waals surface area contributed by atoms with Crippen LogP contribution in [-0.4, -0.2) is 11.1 Å². The fraction of sp³-hybridized carbons (Fsp3) is 0.250. The number of carboxylic acid groups (broad SMARTS) is 1. The summed E-state index contributed by atoms with van der Waals surface area (Å²) in [6, 6.07) is 0. The molecule has 0 unspecified atom stereocenters. The third kappa shape index (κ3) is 10.7. The Kier molecular flexibility index (Phi) is 9.09. The van der Waals surface area contributed by atoms with Crippen LogP contribution >= 0.6 is 0 Å². The van der Waals surface area contributed by atoms with E-state index in [4.69, 9.17) is 5.11 Å². The Balaban J connectivity index is -0.000000125. The van der Waals surface area contributed by atoms with E-state index < -0.39 is 5.97 Å². The molecule has 0 atom stereocenters. The third-order valence-electron chi connectivity index (χ3n) is 0.309. The summed E-state index contributed by atoms with van der Waals surface area (Å²) < 4.78 is 0. The first kappa shape index (κ1) is 10.2. The van der Waals surface area contributed by atoms with Crippen molar-refractivity contribution in [3.63, 3.8) is 0 Å². The van der Waals surface area contributed by atoms with Crippen LogP contribution in [0.1, 0.15) is 8.35 Å². The second-order valence-electron chi connectivity index (χ2n) is 0.838. The van der Waals surface area contributed by atoms with E-state index in [9.17, 15) is 4.79 Å². The molecule has 0 aliphatic carbocycles. The van der Waals surface area contributed by atoms with E-state index in [0.717, 1.165) is 6.08 Å². The summed E-state index contributed by atoms with van der Waals surface area (Å²) in [6.45, 7) is 1.66. The molecule has 0 aliphatic heterocycles. The van der Waals surface area contributed by atoms with Crippen LogP contribution in [0.5, 0.6) is 0 Å². The molecule has 0 radical (unpaired) electrons. The van der Waals surface area contributed by atoms with Crippen LogP contribution in [0.2, 0.25) is 0 Å². The molecule has 36 valence electrons. The molecule has 0 aliphatic rings. The van der Waals surface area contributed by atoms with Crippen molar-refractivity contribution in [3.05, 3.63) is 12.2 Å². The number of hydrogen-bond donors (Lipinski definition) is 1. The Morgan fingerprint density at radius 2 is 2.29 bits per heavy atom. The first-order chi connectivity index (χ1) is 2.77. The van der Waals surface area contributed by atoms with E-state index in [2.05, 4.69) is 0 Å². The Morgan fingerprint density at radius 3 is 2.29 bits per heavy atom. The Morgan fingerprint density at radius 1 is 1.86 bits per heavy atom. The first-order valence-corrected chi connectivity index (χ1v) is 1.63. The predicted molar refractivity (Wildman–Crippen MR) is 23.6 cm³/mol. The van der Waals surface area contributed by atoms with E-state index in [1.165, 1.54) is 6.08 Å². The normalized spacial score (nSPS) is 8.14. The molecule has 0 saturated heterocycles. The molecule has 0 heterocycles. The van der Waals surface area contributed by atoms with Gasteiger partial charge in [0.15, 0.2) is 0 Å². The van der Waals surface area contributed by atoms with Crippen molar-refractivity contribution in [2.24, 2.45) is 0 Å². The topological polar surface area (TPSA) is 37.3 Å². The smallest absolute Gasteiger partial charge is 1.00 e. The Labute approximate surface area is 66.0 Å². The average molecular weight is 110 g/mol. The van der Waals surface area contributed by atoms with Gasteiger partial charge in [0, 0.05) is 6.08 Å². The van der Waals surface area contributed by atoms with Crippen LogP contribution in [-0.2, 0) is 4.79 Å². The first-order valence-electron chi connectivity index (χ1n) is 1.63. The number of allylic oxidation sites excluding steroid dienone is 1. The van der Waals surface area contributed by atoms with E-state index in [1.54, 1.807) is 6.92 Å². The van der Waals surface area contributed by atoms with Gasteiger partial charge in [0.2, 0.25) is 0 Å². The van der Waals surface area contributed by atoms with Crippen molar-refractivity contribution < 1.29 is 40.9 Å². The minimum absolute atomic E-state index is 0. The minimum Gasteiger partial charge on any atom is -1.00 e. The van der Waals surface area contributed by atoms with Gasteiger partial charge in [-0.05, 0) is 6.92 Å². The van der Waals surface area contributed by atoms with Gasteiger partial charge in [0.25, 0.3) is 0 Å². The predicted octanol–water partition coefficient (Wildman–Crippen LogP) is -2.24. The Bertz CT molecular complexity index is 82.1. The largest absolute Gasteiger partial charge is 1.00 e. The summed E-state index contributed by atoms with van der Waals surface area (Å²) in [5.74, 6) is -0.891. The molecule has 0 saturated carbocycles. The number of carbonyl (C=O) groups is 1. The zero-order valence-electron chi connectivity index (χ0n) is 5.51.